The summed E-state index contributed by atoms with van der Waals surface area (Å²) in [6.07, 6.45) is 6.20. The molecule has 1 atom stereocenters. The van der Waals surface area contributed by atoms with E-state index in [0.717, 1.165) is 44.5 Å². The summed E-state index contributed by atoms with van der Waals surface area (Å²) in [5.41, 5.74) is 2.34. The molecule has 0 radical (unpaired) electrons. The molecule has 15 heteroatoms. The van der Waals surface area contributed by atoms with E-state index in [2.05, 4.69) is 38.5 Å². The number of hydrogen-bond donors (Lipinski definition) is 2. The lowest BCUT2D eigenvalue weighted by Crippen LogP contribution is -2.52. The van der Waals surface area contributed by atoms with Gasteiger partial charge in [0.1, 0.15) is 17.0 Å². The molecular formula is C37H46F3N9O3. The van der Waals surface area contributed by atoms with Crippen LogP contribution < -0.4 is 9.80 Å². The number of fused-ring (bicyclic) bond motifs is 1. The van der Waals surface area contributed by atoms with Crippen molar-refractivity contribution in [2.45, 2.75) is 76.9 Å². The summed E-state index contributed by atoms with van der Waals surface area (Å²) in [5.74, 6) is 0.204. The van der Waals surface area contributed by atoms with Crippen LogP contribution in [0.5, 0.6) is 0 Å². The average molecular weight is 722 g/mol. The average Bonchev–Trinajstić information content (AvgIpc) is 3.72. The lowest BCUT2D eigenvalue weighted by molar-refractivity contribution is -0.139. The van der Waals surface area contributed by atoms with Crippen molar-refractivity contribution in [2.75, 3.05) is 62.8 Å². The summed E-state index contributed by atoms with van der Waals surface area (Å²) in [7, 11) is 1.73. The molecule has 3 fully saturated rings. The van der Waals surface area contributed by atoms with Crippen molar-refractivity contribution >= 4 is 28.6 Å². The highest BCUT2D eigenvalue weighted by atomic mass is 19.4. The number of methoxy groups -OCH3 is 1. The summed E-state index contributed by atoms with van der Waals surface area (Å²) in [4.78, 5) is 44.4. The molecule has 5 heterocycles. The van der Waals surface area contributed by atoms with Crippen molar-refractivity contribution in [1.29, 1.82) is 0 Å². The molecule has 2 saturated carbocycles. The molecule has 4 aromatic rings. The lowest BCUT2D eigenvalue weighted by atomic mass is 9.86. The number of pyridine rings is 2. The number of imidazole rings is 1. The van der Waals surface area contributed by atoms with E-state index in [1.54, 1.807) is 19.5 Å². The molecule has 0 aromatic carbocycles. The maximum Gasteiger partial charge on any atom is 0.418 e. The van der Waals surface area contributed by atoms with Crippen LogP contribution in [0.15, 0.2) is 30.7 Å². The zero-order chi connectivity index (χ0) is 36.6. The molecule has 7 rings (SSSR count). The number of nitrogens with zero attached hydrogens (tertiary/aromatic N) is 8. The summed E-state index contributed by atoms with van der Waals surface area (Å²) in [6.45, 7) is 8.80. The van der Waals surface area contributed by atoms with E-state index in [1.807, 2.05) is 6.07 Å². The first-order valence-corrected chi connectivity index (χ1v) is 18.2. The number of hydrogen-bond acceptors (Lipinski definition) is 10. The van der Waals surface area contributed by atoms with Crippen LogP contribution in [0, 0.1) is 5.41 Å². The number of anilines is 2. The van der Waals surface area contributed by atoms with Crippen LogP contribution in [0.1, 0.15) is 76.0 Å². The number of ether oxygens (including phenoxy) is 1. The predicted octanol–water partition coefficient (Wildman–Crippen LogP) is 6.39. The van der Waals surface area contributed by atoms with Crippen molar-refractivity contribution in [3.05, 3.63) is 42.0 Å². The minimum Gasteiger partial charge on any atom is -0.481 e. The first kappa shape index (κ1) is 36.0. The third-order valence-corrected chi connectivity index (χ3v) is 10.8. The van der Waals surface area contributed by atoms with Crippen LogP contribution in [-0.2, 0) is 15.7 Å². The van der Waals surface area contributed by atoms with Gasteiger partial charge in [-0.05, 0) is 51.7 Å². The molecule has 0 unspecified atom stereocenters. The third-order valence-electron chi connectivity index (χ3n) is 10.8. The Kier molecular flexibility index (Phi) is 10.1. The molecule has 4 aromatic heterocycles. The first-order valence-electron chi connectivity index (χ1n) is 18.2. The highest BCUT2D eigenvalue weighted by molar-refractivity contribution is 5.91. The van der Waals surface area contributed by atoms with Gasteiger partial charge in [0.25, 0.3) is 0 Å². The number of nitrogens with one attached hydrogen (secondary N) is 1. The number of aliphatic carboxylic acids is 1. The van der Waals surface area contributed by atoms with Crippen molar-refractivity contribution in [1.82, 2.24) is 34.8 Å². The molecule has 1 aliphatic heterocycles. The van der Waals surface area contributed by atoms with Crippen LogP contribution >= 0.6 is 0 Å². The number of aromatic amines is 1. The number of rotatable bonds is 13. The summed E-state index contributed by atoms with van der Waals surface area (Å²) in [5, 5.41) is 9.06. The Labute approximate surface area is 300 Å². The van der Waals surface area contributed by atoms with Gasteiger partial charge < -0.3 is 24.6 Å². The van der Waals surface area contributed by atoms with Crippen molar-refractivity contribution in [2.24, 2.45) is 5.41 Å². The van der Waals surface area contributed by atoms with E-state index in [0.29, 0.717) is 79.8 Å². The van der Waals surface area contributed by atoms with Gasteiger partial charge in [0.2, 0.25) is 0 Å². The van der Waals surface area contributed by atoms with Gasteiger partial charge in [-0.25, -0.2) is 19.9 Å². The van der Waals surface area contributed by atoms with E-state index in [1.165, 1.54) is 12.3 Å². The number of carboxylic acids is 1. The van der Waals surface area contributed by atoms with Crippen LogP contribution in [0.3, 0.4) is 0 Å². The molecule has 0 amide bonds. The molecular weight excluding hydrogens is 675 g/mol. The molecule has 52 heavy (non-hydrogen) atoms. The standard InChI is InChI=1S/C37H46F3N9O3/c1-4-48(21-36(22-52-3)10-5-6-11-36)29-16-27(25-15-26(37(38,39)40)32(43-17-25)24-7-8-24)44-35-33(29)45-34(46-35)28-18-42-30(19-41-28)49-14-13-47(20-23(49)2)12-9-31(50)51/h15-19,23-24H,4-14,20-22H2,1-3H3,(H,50,51)(H,44,45,46)/t23-/m1/s1. The van der Waals surface area contributed by atoms with Gasteiger partial charge in [0.05, 0.1) is 48.1 Å². The summed E-state index contributed by atoms with van der Waals surface area (Å²) in [6, 6.07) is 3.15. The predicted molar refractivity (Wildman–Crippen MR) is 191 cm³/mol. The SMILES string of the molecule is CCN(CC1(COC)CCCC1)c1cc(-c2cnc(C3CC3)c(C(F)(F)F)c2)nc2nc(-c3cnc(N4CCN(CCC(=O)O)C[C@H]4C)cn3)[nH]c12. The number of alkyl halides is 3. The van der Waals surface area contributed by atoms with E-state index in [-0.39, 0.29) is 35.1 Å². The molecule has 0 bridgehead atoms. The summed E-state index contributed by atoms with van der Waals surface area (Å²) >= 11 is 0. The minimum absolute atomic E-state index is 0.0412. The minimum atomic E-state index is -4.53. The smallest absolute Gasteiger partial charge is 0.418 e. The molecule has 2 aliphatic carbocycles. The van der Waals surface area contributed by atoms with Crippen molar-refractivity contribution < 1.29 is 27.8 Å². The normalized spacial score (nSPS) is 19.4. The zero-order valence-corrected chi connectivity index (χ0v) is 29.9. The van der Waals surface area contributed by atoms with Gasteiger partial charge in [-0.2, -0.15) is 13.2 Å². The fourth-order valence-corrected chi connectivity index (χ4v) is 7.99. The molecule has 278 valence electrons. The van der Waals surface area contributed by atoms with Gasteiger partial charge >= 0.3 is 12.1 Å². The van der Waals surface area contributed by atoms with Gasteiger partial charge in [-0.15, -0.1) is 0 Å². The monoisotopic (exact) mass is 721 g/mol. The van der Waals surface area contributed by atoms with Crippen molar-refractivity contribution in [3.63, 3.8) is 0 Å². The lowest BCUT2D eigenvalue weighted by Gasteiger charge is -2.40. The number of H-pyrrole nitrogens is 1. The molecule has 3 aliphatic rings. The second kappa shape index (κ2) is 14.6. The van der Waals surface area contributed by atoms with E-state index >= 15 is 0 Å². The fraction of sp³-hybridized carbons (Fsp3) is 0.568. The highest BCUT2D eigenvalue weighted by Gasteiger charge is 2.40. The van der Waals surface area contributed by atoms with E-state index < -0.39 is 17.7 Å². The Balaban J connectivity index is 1.24. The fourth-order valence-electron chi connectivity index (χ4n) is 7.99. The van der Waals surface area contributed by atoms with Gasteiger partial charge in [0, 0.05) is 75.5 Å². The van der Waals surface area contributed by atoms with Gasteiger partial charge in [0.15, 0.2) is 11.5 Å². The molecule has 1 saturated heterocycles. The second-order valence-corrected chi connectivity index (χ2v) is 14.6. The van der Waals surface area contributed by atoms with Gasteiger partial charge in [-0.1, -0.05) is 12.8 Å². The van der Waals surface area contributed by atoms with Gasteiger partial charge in [-0.3, -0.25) is 14.7 Å². The number of halogens is 3. The largest absolute Gasteiger partial charge is 0.481 e. The maximum atomic E-state index is 14.3. The topological polar surface area (TPSA) is 136 Å². The van der Waals surface area contributed by atoms with Crippen LogP contribution in [0.2, 0.25) is 0 Å². The Hall–Kier alpha value is -4.37. The quantitative estimate of drug-likeness (QED) is 0.159. The molecule has 0 spiro atoms. The number of carbonyl (C=O) groups is 1. The van der Waals surface area contributed by atoms with E-state index in [9.17, 15) is 18.0 Å². The van der Waals surface area contributed by atoms with Crippen LogP contribution in [-0.4, -0.2) is 105 Å². The van der Waals surface area contributed by atoms with E-state index in [4.69, 9.17) is 29.8 Å². The van der Waals surface area contributed by atoms with Crippen molar-refractivity contribution in [3.8, 4) is 22.8 Å². The Morgan fingerprint density at radius 3 is 2.50 bits per heavy atom. The van der Waals surface area contributed by atoms with Crippen LogP contribution in [0.4, 0.5) is 24.7 Å². The Bertz CT molecular complexity index is 1890. The molecule has 2 N–H and O–H groups in total. The first-order chi connectivity index (χ1) is 25.0. The molecule has 12 nitrogen and oxygen atoms in total. The Morgan fingerprint density at radius 2 is 1.87 bits per heavy atom. The Morgan fingerprint density at radius 1 is 1.08 bits per heavy atom. The number of piperazine rings is 1. The summed E-state index contributed by atoms with van der Waals surface area (Å²) < 4.78 is 48.6. The van der Waals surface area contributed by atoms with Crippen LogP contribution in [0.25, 0.3) is 33.9 Å². The number of carboxylic acid groups (broad SMARTS) is 1. The maximum absolute atomic E-state index is 14.3. The zero-order valence-electron chi connectivity index (χ0n) is 29.9. The highest BCUT2D eigenvalue weighted by Crippen LogP contribution is 2.46. The number of aromatic nitrogens is 6. The second-order valence-electron chi connectivity index (χ2n) is 14.6. The third kappa shape index (κ3) is 7.56.